The van der Waals surface area contributed by atoms with Crippen LogP contribution in [-0.2, 0) is 22.6 Å². The Morgan fingerprint density at radius 3 is 2.38 bits per heavy atom. The first kappa shape index (κ1) is 19.3. The Bertz CT molecular complexity index is 732. The molecule has 2 amide bonds. The maximum Gasteiger partial charge on any atom is 0.224 e. The molecular weight excluding hydrogens is 332 g/mol. The Balaban J connectivity index is 1.71. The lowest BCUT2D eigenvalue weighted by Crippen LogP contribution is -2.31. The van der Waals surface area contributed by atoms with Gasteiger partial charge in [-0.15, -0.1) is 0 Å². The summed E-state index contributed by atoms with van der Waals surface area (Å²) in [6.45, 7) is 0.654. The highest BCUT2D eigenvalue weighted by molar-refractivity contribution is 5.80. The van der Waals surface area contributed by atoms with Gasteiger partial charge in [0.15, 0.2) is 0 Å². The quantitative estimate of drug-likeness (QED) is 0.721. The average molecular weight is 356 g/mol. The number of ether oxygens (including phenoxy) is 2. The molecule has 2 rings (SSSR count). The predicted octanol–water partition coefficient (Wildman–Crippen LogP) is 2.07. The first-order valence-electron chi connectivity index (χ1n) is 8.40. The van der Waals surface area contributed by atoms with Gasteiger partial charge in [0.25, 0.3) is 0 Å². The fourth-order valence-corrected chi connectivity index (χ4v) is 2.44. The standard InChI is InChI=1S/C20H24N2O4/c1-25-17-9-8-16(18(13-17)26-2)14-22-19(23)10-11-21-20(24)12-15-6-4-3-5-7-15/h3-9,13H,10-12,14H2,1-2H3,(H,21,24)(H,22,23). The van der Waals surface area contributed by atoms with E-state index in [1.54, 1.807) is 20.3 Å². The van der Waals surface area contributed by atoms with E-state index in [1.165, 1.54) is 0 Å². The number of carbonyl (C=O) groups excluding carboxylic acids is 2. The van der Waals surface area contributed by atoms with E-state index in [9.17, 15) is 9.59 Å². The van der Waals surface area contributed by atoms with Crippen LogP contribution in [0.1, 0.15) is 17.5 Å². The zero-order valence-electron chi connectivity index (χ0n) is 15.1. The highest BCUT2D eigenvalue weighted by Gasteiger charge is 2.08. The summed E-state index contributed by atoms with van der Waals surface area (Å²) >= 11 is 0. The Labute approximate surface area is 153 Å². The van der Waals surface area contributed by atoms with E-state index >= 15 is 0 Å². The van der Waals surface area contributed by atoms with Gasteiger partial charge in [0.2, 0.25) is 11.8 Å². The van der Waals surface area contributed by atoms with Crippen molar-refractivity contribution in [3.63, 3.8) is 0 Å². The van der Waals surface area contributed by atoms with Crippen LogP contribution in [-0.4, -0.2) is 32.6 Å². The lowest BCUT2D eigenvalue weighted by Gasteiger charge is -2.11. The third kappa shape index (κ3) is 6.12. The first-order chi connectivity index (χ1) is 12.6. The van der Waals surface area contributed by atoms with Gasteiger partial charge >= 0.3 is 0 Å². The largest absolute Gasteiger partial charge is 0.497 e. The molecule has 6 nitrogen and oxygen atoms in total. The summed E-state index contributed by atoms with van der Waals surface area (Å²) < 4.78 is 10.4. The van der Waals surface area contributed by atoms with Crippen molar-refractivity contribution in [2.45, 2.75) is 19.4 Å². The van der Waals surface area contributed by atoms with Crippen LogP contribution < -0.4 is 20.1 Å². The highest BCUT2D eigenvalue weighted by Crippen LogP contribution is 2.24. The van der Waals surface area contributed by atoms with Crippen LogP contribution in [0, 0.1) is 0 Å². The number of rotatable bonds is 9. The molecule has 2 N–H and O–H groups in total. The van der Waals surface area contributed by atoms with Gasteiger partial charge in [0.1, 0.15) is 11.5 Å². The molecule has 0 saturated heterocycles. The van der Waals surface area contributed by atoms with Crippen LogP contribution in [0.2, 0.25) is 0 Å². The summed E-state index contributed by atoms with van der Waals surface area (Å²) in [7, 11) is 3.16. The second-order valence-corrected chi connectivity index (χ2v) is 5.72. The summed E-state index contributed by atoms with van der Waals surface area (Å²) in [5.74, 6) is 1.11. The van der Waals surface area contributed by atoms with Crippen LogP contribution >= 0.6 is 0 Å². The Hall–Kier alpha value is -3.02. The zero-order valence-corrected chi connectivity index (χ0v) is 15.1. The van der Waals surface area contributed by atoms with E-state index in [2.05, 4.69) is 10.6 Å². The summed E-state index contributed by atoms with van der Waals surface area (Å²) in [4.78, 5) is 23.8. The van der Waals surface area contributed by atoms with Crippen molar-refractivity contribution in [1.82, 2.24) is 10.6 Å². The zero-order chi connectivity index (χ0) is 18.8. The van der Waals surface area contributed by atoms with E-state index < -0.39 is 0 Å². The second kappa shape index (κ2) is 10.1. The van der Waals surface area contributed by atoms with Gasteiger partial charge in [0.05, 0.1) is 20.6 Å². The molecule has 0 aliphatic heterocycles. The molecule has 0 bridgehead atoms. The molecule has 0 atom stereocenters. The lowest BCUT2D eigenvalue weighted by atomic mass is 10.1. The Morgan fingerprint density at radius 1 is 0.923 bits per heavy atom. The van der Waals surface area contributed by atoms with Crippen LogP contribution in [0.15, 0.2) is 48.5 Å². The molecule has 2 aromatic rings. The molecule has 6 heteroatoms. The fraction of sp³-hybridized carbons (Fsp3) is 0.300. The third-order valence-electron chi connectivity index (χ3n) is 3.85. The number of amides is 2. The number of hydrogen-bond donors (Lipinski definition) is 2. The summed E-state index contributed by atoms with van der Waals surface area (Å²) in [6, 6.07) is 14.9. The fourth-order valence-electron chi connectivity index (χ4n) is 2.44. The van der Waals surface area contributed by atoms with Crippen molar-refractivity contribution in [1.29, 1.82) is 0 Å². The second-order valence-electron chi connectivity index (χ2n) is 5.72. The molecular formula is C20H24N2O4. The topological polar surface area (TPSA) is 76.7 Å². The van der Waals surface area contributed by atoms with Gasteiger partial charge in [0, 0.05) is 31.1 Å². The number of methoxy groups -OCH3 is 2. The number of carbonyl (C=O) groups is 2. The smallest absolute Gasteiger partial charge is 0.224 e. The molecule has 0 spiro atoms. The normalized spacial score (nSPS) is 10.1. The molecule has 0 heterocycles. The van der Waals surface area contributed by atoms with Gasteiger partial charge < -0.3 is 20.1 Å². The van der Waals surface area contributed by atoms with Crippen LogP contribution in [0.4, 0.5) is 0 Å². The minimum absolute atomic E-state index is 0.0965. The average Bonchev–Trinajstić information content (AvgIpc) is 2.67. The number of nitrogens with one attached hydrogen (secondary N) is 2. The van der Waals surface area contributed by atoms with Gasteiger partial charge in [-0.2, -0.15) is 0 Å². The minimum Gasteiger partial charge on any atom is -0.497 e. The van der Waals surface area contributed by atoms with Crippen LogP contribution in [0.5, 0.6) is 11.5 Å². The van der Waals surface area contributed by atoms with E-state index in [1.807, 2.05) is 42.5 Å². The number of benzene rings is 2. The molecule has 0 aromatic heterocycles. The summed E-state index contributed by atoms with van der Waals surface area (Å²) in [5, 5.41) is 5.58. The van der Waals surface area contributed by atoms with Crippen molar-refractivity contribution in [2.24, 2.45) is 0 Å². The maximum absolute atomic E-state index is 12.0. The van der Waals surface area contributed by atoms with Gasteiger partial charge in [-0.05, 0) is 17.7 Å². The van der Waals surface area contributed by atoms with Crippen molar-refractivity contribution in [3.8, 4) is 11.5 Å². The van der Waals surface area contributed by atoms with E-state index in [-0.39, 0.29) is 18.2 Å². The molecule has 0 fully saturated rings. The van der Waals surface area contributed by atoms with Gasteiger partial charge in [-0.1, -0.05) is 30.3 Å². The van der Waals surface area contributed by atoms with Gasteiger partial charge in [-0.25, -0.2) is 0 Å². The first-order valence-corrected chi connectivity index (χ1v) is 8.40. The highest BCUT2D eigenvalue weighted by atomic mass is 16.5. The van der Waals surface area contributed by atoms with E-state index in [4.69, 9.17) is 9.47 Å². The summed E-state index contributed by atoms with van der Waals surface area (Å²) in [5.41, 5.74) is 1.80. The SMILES string of the molecule is COc1ccc(CNC(=O)CCNC(=O)Cc2ccccc2)c(OC)c1. The van der Waals surface area contributed by atoms with Crippen LogP contribution in [0.3, 0.4) is 0 Å². The van der Waals surface area contributed by atoms with Crippen molar-refractivity contribution < 1.29 is 19.1 Å². The molecule has 0 aliphatic rings. The summed E-state index contributed by atoms with van der Waals surface area (Å²) in [6.07, 6.45) is 0.532. The molecule has 138 valence electrons. The molecule has 0 unspecified atom stereocenters. The minimum atomic E-state index is -0.136. The van der Waals surface area contributed by atoms with Crippen molar-refractivity contribution >= 4 is 11.8 Å². The lowest BCUT2D eigenvalue weighted by molar-refractivity contribution is -0.122. The predicted molar refractivity (Wildman–Crippen MR) is 99.2 cm³/mol. The molecule has 26 heavy (non-hydrogen) atoms. The van der Waals surface area contributed by atoms with E-state index in [0.717, 1.165) is 11.1 Å². The third-order valence-corrected chi connectivity index (χ3v) is 3.85. The maximum atomic E-state index is 12.0. The van der Waals surface area contributed by atoms with Crippen molar-refractivity contribution in [2.75, 3.05) is 20.8 Å². The molecule has 0 saturated carbocycles. The Kier molecular flexibility index (Phi) is 7.49. The molecule has 0 aliphatic carbocycles. The van der Waals surface area contributed by atoms with E-state index in [0.29, 0.717) is 31.0 Å². The van der Waals surface area contributed by atoms with Gasteiger partial charge in [-0.3, -0.25) is 9.59 Å². The molecule has 2 aromatic carbocycles. The molecule has 0 radical (unpaired) electrons. The Morgan fingerprint density at radius 2 is 1.69 bits per heavy atom. The van der Waals surface area contributed by atoms with Crippen molar-refractivity contribution in [3.05, 3.63) is 59.7 Å². The van der Waals surface area contributed by atoms with Crippen LogP contribution in [0.25, 0.3) is 0 Å². The number of hydrogen-bond acceptors (Lipinski definition) is 4. The monoisotopic (exact) mass is 356 g/mol.